The number of esters is 3. The van der Waals surface area contributed by atoms with Gasteiger partial charge in [-0.3, -0.25) is 14.4 Å². The molecule has 0 saturated heterocycles. The molecule has 0 rings (SSSR count). The lowest BCUT2D eigenvalue weighted by atomic mass is 10.1. The molecule has 1 atom stereocenters. The van der Waals surface area contributed by atoms with Crippen LogP contribution in [-0.2, 0) is 28.6 Å². The average molecular weight is 980 g/mol. The summed E-state index contributed by atoms with van der Waals surface area (Å²) in [4.78, 5) is 37.9. The summed E-state index contributed by atoms with van der Waals surface area (Å²) >= 11 is 0. The fraction of sp³-hybridized carbons (Fsp3) is 0.585. The largest absolute Gasteiger partial charge is 0.462 e. The first-order chi connectivity index (χ1) is 35.0. The number of ether oxygens (including phenoxy) is 3. The van der Waals surface area contributed by atoms with E-state index >= 15 is 0 Å². The van der Waals surface area contributed by atoms with Crippen LogP contribution in [0, 0.1) is 0 Å². The van der Waals surface area contributed by atoms with E-state index < -0.39 is 6.10 Å². The molecule has 398 valence electrons. The molecular weight excluding hydrogens is 877 g/mol. The molecule has 0 aromatic heterocycles. The van der Waals surface area contributed by atoms with Crippen LogP contribution in [0.15, 0.2) is 146 Å². The fourth-order valence-electron chi connectivity index (χ4n) is 7.15. The molecule has 0 aromatic carbocycles. The molecule has 0 aliphatic rings. The lowest BCUT2D eigenvalue weighted by Gasteiger charge is -2.18. The van der Waals surface area contributed by atoms with Crippen molar-refractivity contribution < 1.29 is 28.6 Å². The summed E-state index contributed by atoms with van der Waals surface area (Å²) in [5.41, 5.74) is 0. The smallest absolute Gasteiger partial charge is 0.306 e. The minimum absolute atomic E-state index is 0.101. The van der Waals surface area contributed by atoms with Crippen LogP contribution in [-0.4, -0.2) is 37.2 Å². The van der Waals surface area contributed by atoms with Crippen molar-refractivity contribution in [2.75, 3.05) is 13.2 Å². The Kier molecular flexibility index (Phi) is 54.0. The van der Waals surface area contributed by atoms with Crippen LogP contribution >= 0.6 is 0 Å². The first-order valence-corrected chi connectivity index (χ1v) is 28.3. The molecule has 0 bridgehead atoms. The molecule has 71 heavy (non-hydrogen) atoms. The van der Waals surface area contributed by atoms with Gasteiger partial charge in [0.05, 0.1) is 0 Å². The van der Waals surface area contributed by atoms with Crippen molar-refractivity contribution in [2.24, 2.45) is 0 Å². The van der Waals surface area contributed by atoms with Gasteiger partial charge in [0.2, 0.25) is 0 Å². The van der Waals surface area contributed by atoms with Gasteiger partial charge in [-0.2, -0.15) is 0 Å². The van der Waals surface area contributed by atoms with Gasteiger partial charge in [0.15, 0.2) is 6.10 Å². The second-order valence-electron chi connectivity index (χ2n) is 18.1. The van der Waals surface area contributed by atoms with Crippen LogP contribution < -0.4 is 0 Å². The lowest BCUT2D eigenvalue weighted by Crippen LogP contribution is -2.30. The molecule has 0 amide bonds. The summed E-state index contributed by atoms with van der Waals surface area (Å²) in [5.74, 6) is -0.967. The highest BCUT2D eigenvalue weighted by molar-refractivity contribution is 5.71. The second-order valence-corrected chi connectivity index (χ2v) is 18.1. The van der Waals surface area contributed by atoms with E-state index in [0.29, 0.717) is 12.8 Å². The van der Waals surface area contributed by atoms with Crippen LogP contribution in [0.25, 0.3) is 0 Å². The first kappa shape index (κ1) is 66.3. The Labute approximate surface area is 436 Å². The molecule has 0 spiro atoms. The second kappa shape index (κ2) is 57.9. The Morgan fingerprint density at radius 3 is 0.859 bits per heavy atom. The van der Waals surface area contributed by atoms with Gasteiger partial charge in [0.25, 0.3) is 0 Å². The fourth-order valence-corrected chi connectivity index (χ4v) is 7.15. The zero-order valence-corrected chi connectivity index (χ0v) is 45.4. The van der Waals surface area contributed by atoms with Crippen molar-refractivity contribution in [2.45, 2.75) is 232 Å². The number of allylic oxidation sites excluding steroid dienone is 24. The average Bonchev–Trinajstić information content (AvgIpc) is 3.37. The van der Waals surface area contributed by atoms with E-state index in [1.807, 2.05) is 0 Å². The molecular formula is C65H102O6. The first-order valence-electron chi connectivity index (χ1n) is 28.3. The van der Waals surface area contributed by atoms with Crippen molar-refractivity contribution in [3.63, 3.8) is 0 Å². The zero-order valence-electron chi connectivity index (χ0n) is 45.4. The highest BCUT2D eigenvalue weighted by atomic mass is 16.6. The monoisotopic (exact) mass is 979 g/mol. The van der Waals surface area contributed by atoms with E-state index in [2.05, 4.69) is 167 Å². The maximum atomic E-state index is 12.8. The van der Waals surface area contributed by atoms with Crippen molar-refractivity contribution in [1.29, 1.82) is 0 Å². The van der Waals surface area contributed by atoms with Crippen molar-refractivity contribution in [3.05, 3.63) is 146 Å². The Morgan fingerprint density at radius 2 is 0.549 bits per heavy atom. The molecule has 0 aliphatic carbocycles. The maximum Gasteiger partial charge on any atom is 0.306 e. The molecule has 0 saturated carbocycles. The van der Waals surface area contributed by atoms with E-state index in [1.165, 1.54) is 25.7 Å². The van der Waals surface area contributed by atoms with E-state index in [-0.39, 0.29) is 37.5 Å². The Bertz CT molecular complexity index is 1590. The predicted molar refractivity (Wildman–Crippen MR) is 306 cm³/mol. The van der Waals surface area contributed by atoms with Gasteiger partial charge < -0.3 is 14.2 Å². The highest BCUT2D eigenvalue weighted by Crippen LogP contribution is 2.13. The number of rotatable bonds is 49. The van der Waals surface area contributed by atoms with Gasteiger partial charge in [-0.05, 0) is 122 Å². The van der Waals surface area contributed by atoms with E-state index in [0.717, 1.165) is 161 Å². The third-order valence-corrected chi connectivity index (χ3v) is 11.3. The van der Waals surface area contributed by atoms with Crippen LogP contribution in [0.5, 0.6) is 0 Å². The van der Waals surface area contributed by atoms with Gasteiger partial charge in [0, 0.05) is 19.3 Å². The summed E-state index contributed by atoms with van der Waals surface area (Å²) < 4.78 is 16.7. The molecule has 0 heterocycles. The zero-order chi connectivity index (χ0) is 51.4. The van der Waals surface area contributed by atoms with Gasteiger partial charge >= 0.3 is 17.9 Å². The van der Waals surface area contributed by atoms with Crippen molar-refractivity contribution >= 4 is 17.9 Å². The minimum Gasteiger partial charge on any atom is -0.462 e. The third kappa shape index (κ3) is 56.1. The maximum absolute atomic E-state index is 12.8. The molecule has 0 aliphatic heterocycles. The summed E-state index contributed by atoms with van der Waals surface area (Å²) in [6, 6.07) is 0. The summed E-state index contributed by atoms with van der Waals surface area (Å²) in [5, 5.41) is 0. The van der Waals surface area contributed by atoms with Gasteiger partial charge in [-0.25, -0.2) is 0 Å². The molecule has 0 radical (unpaired) electrons. The molecule has 0 N–H and O–H groups in total. The van der Waals surface area contributed by atoms with Crippen LogP contribution in [0.3, 0.4) is 0 Å². The lowest BCUT2D eigenvalue weighted by molar-refractivity contribution is -0.167. The minimum atomic E-state index is -0.805. The topological polar surface area (TPSA) is 78.9 Å². The van der Waals surface area contributed by atoms with Crippen LogP contribution in [0.2, 0.25) is 0 Å². The normalized spacial score (nSPS) is 13.2. The molecule has 1 unspecified atom stereocenters. The van der Waals surface area contributed by atoms with Gasteiger partial charge in [-0.1, -0.05) is 231 Å². The van der Waals surface area contributed by atoms with E-state index in [1.54, 1.807) is 0 Å². The quantitative estimate of drug-likeness (QED) is 0.0262. The summed E-state index contributed by atoms with van der Waals surface area (Å²) in [6.07, 6.45) is 82.9. The molecule has 0 aromatic rings. The van der Waals surface area contributed by atoms with Crippen molar-refractivity contribution in [1.82, 2.24) is 0 Å². The van der Waals surface area contributed by atoms with Crippen LogP contribution in [0.1, 0.15) is 226 Å². The highest BCUT2D eigenvalue weighted by Gasteiger charge is 2.19. The summed E-state index contributed by atoms with van der Waals surface area (Å²) in [6.45, 7) is 6.31. The number of carbonyl (C=O) groups is 3. The van der Waals surface area contributed by atoms with E-state index in [4.69, 9.17) is 14.2 Å². The SMILES string of the molecule is CC/C=C\C/C=C\C/C=C\C/C=C\C/C=C\C/C=C\C/C=C\C/C=C\CCCCCCC(=O)OCC(COC(=O)CCCCCCCCC)OC(=O)CCCCCC/C=C\C/C=C\C/C=C\C/C=C\CC. The van der Waals surface area contributed by atoms with Crippen LogP contribution in [0.4, 0.5) is 0 Å². The number of hydrogen-bond donors (Lipinski definition) is 0. The standard InChI is InChI=1S/C65H102O6/c1-4-7-10-13-16-18-20-22-24-26-27-28-29-30-31-32-33-34-35-36-37-39-40-42-44-46-49-52-55-58-64(67)70-61-62(60-69-63(66)57-54-51-48-15-12-9-6-3)71-65(68)59-56-53-50-47-45-43-41-38-25-23-21-19-17-14-11-8-5-2/h7-8,10-11,16-19,22-25,27-28,30-31,33-34,36-37,40-43,62H,4-6,9,12-15,20-21,26,29,32,35,38-39,44-61H2,1-3H3/b10-7-,11-8-,18-16-,19-17-,24-22-,25-23-,28-27-,31-30-,34-33-,37-36-,42-40-,43-41-. The Morgan fingerprint density at radius 1 is 0.296 bits per heavy atom. The third-order valence-electron chi connectivity index (χ3n) is 11.3. The number of unbranched alkanes of at least 4 members (excludes halogenated alkanes) is 14. The number of carbonyl (C=O) groups excluding carboxylic acids is 3. The Balaban J connectivity index is 4.31. The van der Waals surface area contributed by atoms with Gasteiger partial charge in [0.1, 0.15) is 13.2 Å². The van der Waals surface area contributed by atoms with Gasteiger partial charge in [-0.15, -0.1) is 0 Å². The predicted octanol–water partition coefficient (Wildman–Crippen LogP) is 19.2. The van der Waals surface area contributed by atoms with Crippen molar-refractivity contribution in [3.8, 4) is 0 Å². The van der Waals surface area contributed by atoms with E-state index in [9.17, 15) is 14.4 Å². The Hall–Kier alpha value is -4.71. The molecule has 0 fully saturated rings. The molecule has 6 heteroatoms. The molecule has 6 nitrogen and oxygen atoms in total. The number of hydrogen-bond acceptors (Lipinski definition) is 6. The summed E-state index contributed by atoms with van der Waals surface area (Å²) in [7, 11) is 0.